The quantitative estimate of drug-likeness (QED) is 0.816. The zero-order chi connectivity index (χ0) is 13.8. The van der Waals surface area contributed by atoms with Crippen molar-refractivity contribution < 1.29 is 0 Å². The lowest BCUT2D eigenvalue weighted by molar-refractivity contribution is 0.287. The van der Waals surface area contributed by atoms with E-state index in [1.165, 1.54) is 0 Å². The number of nitrogens with zero attached hydrogens (tertiary/aromatic N) is 4. The molecule has 0 spiro atoms. The molecule has 0 atom stereocenters. The number of likely N-dealkylation sites (N-methyl/N-ethyl adjacent to an activating group) is 1. The van der Waals surface area contributed by atoms with Crippen LogP contribution in [0.1, 0.15) is 19.7 Å². The summed E-state index contributed by atoms with van der Waals surface area (Å²) in [5, 5.41) is 0.590. The van der Waals surface area contributed by atoms with Crippen LogP contribution in [-0.4, -0.2) is 39.1 Å². The van der Waals surface area contributed by atoms with Crippen LogP contribution in [0.5, 0.6) is 0 Å². The maximum absolute atomic E-state index is 12.4. The van der Waals surface area contributed by atoms with Gasteiger partial charge in [0.25, 0.3) is 5.56 Å². The topological polar surface area (TPSA) is 51.0 Å². The molecule has 0 saturated carbocycles. The van der Waals surface area contributed by atoms with Crippen molar-refractivity contribution in [1.29, 1.82) is 0 Å². The molecule has 0 aliphatic carbocycles. The summed E-state index contributed by atoms with van der Waals surface area (Å²) in [6, 6.07) is 3.56. The van der Waals surface area contributed by atoms with Crippen molar-refractivity contribution in [3.8, 4) is 0 Å². The lowest BCUT2D eigenvalue weighted by Crippen LogP contribution is -2.32. The van der Waals surface area contributed by atoms with E-state index in [1.54, 1.807) is 22.9 Å². The minimum atomic E-state index is 0.00255. The molecule has 102 valence electrons. The molecule has 19 heavy (non-hydrogen) atoms. The Balaban J connectivity index is 2.35. The zero-order valence-corrected chi connectivity index (χ0v) is 11.8. The first-order chi connectivity index (χ1) is 9.17. The molecule has 0 saturated heterocycles. The van der Waals surface area contributed by atoms with Gasteiger partial charge in [-0.05, 0) is 32.1 Å². The van der Waals surface area contributed by atoms with Crippen LogP contribution in [0.3, 0.4) is 0 Å². The fourth-order valence-electron chi connectivity index (χ4n) is 2.20. The van der Waals surface area contributed by atoms with Crippen LogP contribution in [0.15, 0.2) is 23.1 Å². The SMILES string of the molecule is CCN(CC)CCn1c(C)nc2ncccc2c1=O. The van der Waals surface area contributed by atoms with Crippen LogP contribution >= 0.6 is 0 Å². The van der Waals surface area contributed by atoms with Gasteiger partial charge in [0.2, 0.25) is 0 Å². The van der Waals surface area contributed by atoms with Crippen molar-refractivity contribution in [2.75, 3.05) is 19.6 Å². The summed E-state index contributed by atoms with van der Waals surface area (Å²) >= 11 is 0. The Labute approximate surface area is 112 Å². The molecule has 0 fully saturated rings. The van der Waals surface area contributed by atoms with E-state index in [-0.39, 0.29) is 5.56 Å². The van der Waals surface area contributed by atoms with Gasteiger partial charge >= 0.3 is 0 Å². The Hall–Kier alpha value is -1.75. The highest BCUT2D eigenvalue weighted by Crippen LogP contribution is 2.04. The second-order valence-electron chi connectivity index (χ2n) is 4.52. The number of rotatable bonds is 5. The molecule has 0 aliphatic heterocycles. The predicted molar refractivity (Wildman–Crippen MR) is 76.3 cm³/mol. The minimum absolute atomic E-state index is 0.00255. The number of aromatic nitrogens is 3. The summed E-state index contributed by atoms with van der Waals surface area (Å²) in [6.07, 6.45) is 1.66. The van der Waals surface area contributed by atoms with Gasteiger partial charge in [-0.25, -0.2) is 9.97 Å². The number of aryl methyl sites for hydroxylation is 1. The van der Waals surface area contributed by atoms with E-state index in [2.05, 4.69) is 28.7 Å². The van der Waals surface area contributed by atoms with Crippen LogP contribution in [-0.2, 0) is 6.54 Å². The summed E-state index contributed by atoms with van der Waals surface area (Å²) < 4.78 is 1.74. The van der Waals surface area contributed by atoms with Crippen LogP contribution in [0.4, 0.5) is 0 Å². The van der Waals surface area contributed by atoms with Crippen molar-refractivity contribution in [1.82, 2.24) is 19.4 Å². The summed E-state index contributed by atoms with van der Waals surface area (Å²) in [7, 11) is 0. The Morgan fingerprint density at radius 1 is 1.32 bits per heavy atom. The van der Waals surface area contributed by atoms with Crippen molar-refractivity contribution in [2.24, 2.45) is 0 Å². The van der Waals surface area contributed by atoms with Gasteiger partial charge in [0, 0.05) is 19.3 Å². The largest absolute Gasteiger partial charge is 0.302 e. The van der Waals surface area contributed by atoms with E-state index in [0.29, 0.717) is 17.6 Å². The van der Waals surface area contributed by atoms with Gasteiger partial charge in [0.15, 0.2) is 5.65 Å². The number of hydrogen-bond donors (Lipinski definition) is 0. The van der Waals surface area contributed by atoms with Gasteiger partial charge in [0.05, 0.1) is 5.39 Å². The normalized spacial score (nSPS) is 11.4. The molecule has 2 aromatic rings. The average Bonchev–Trinajstić information content (AvgIpc) is 2.43. The van der Waals surface area contributed by atoms with Crippen molar-refractivity contribution in [3.63, 3.8) is 0 Å². The molecule has 2 heterocycles. The van der Waals surface area contributed by atoms with E-state index >= 15 is 0 Å². The average molecular weight is 260 g/mol. The van der Waals surface area contributed by atoms with Crippen LogP contribution < -0.4 is 5.56 Å². The first-order valence-electron chi connectivity index (χ1n) is 6.71. The van der Waals surface area contributed by atoms with Crippen molar-refractivity contribution in [3.05, 3.63) is 34.5 Å². The zero-order valence-electron chi connectivity index (χ0n) is 11.8. The number of hydrogen-bond acceptors (Lipinski definition) is 4. The predicted octanol–water partition coefficient (Wildman–Crippen LogP) is 1.44. The molecule has 5 nitrogen and oxygen atoms in total. The molecule has 0 N–H and O–H groups in total. The smallest absolute Gasteiger partial charge is 0.263 e. The summed E-state index contributed by atoms with van der Waals surface area (Å²) in [5.74, 6) is 0.725. The first kappa shape index (κ1) is 13.7. The highest BCUT2D eigenvalue weighted by atomic mass is 16.1. The molecule has 0 aromatic carbocycles. The van der Waals surface area contributed by atoms with Gasteiger partial charge in [0.1, 0.15) is 5.82 Å². The first-order valence-corrected chi connectivity index (χ1v) is 6.71. The van der Waals surface area contributed by atoms with Crippen LogP contribution in [0.2, 0.25) is 0 Å². The van der Waals surface area contributed by atoms with Gasteiger partial charge < -0.3 is 4.90 Å². The van der Waals surface area contributed by atoms with Gasteiger partial charge in [-0.15, -0.1) is 0 Å². The molecule has 0 amide bonds. The molecule has 5 heteroatoms. The van der Waals surface area contributed by atoms with E-state index < -0.39 is 0 Å². The number of pyridine rings is 1. The summed E-state index contributed by atoms with van der Waals surface area (Å²) in [4.78, 5) is 23.2. The van der Waals surface area contributed by atoms with Gasteiger partial charge in [-0.1, -0.05) is 13.8 Å². The monoisotopic (exact) mass is 260 g/mol. The lowest BCUT2D eigenvalue weighted by atomic mass is 10.3. The van der Waals surface area contributed by atoms with E-state index in [9.17, 15) is 4.79 Å². The fraction of sp³-hybridized carbons (Fsp3) is 0.500. The molecular formula is C14H20N4O. The molecule has 0 bridgehead atoms. The van der Waals surface area contributed by atoms with E-state index in [4.69, 9.17) is 0 Å². The third kappa shape index (κ3) is 2.81. The third-order valence-electron chi connectivity index (χ3n) is 3.45. The molecule has 0 unspecified atom stereocenters. The maximum atomic E-state index is 12.4. The van der Waals surface area contributed by atoms with Crippen LogP contribution in [0, 0.1) is 6.92 Å². The Bertz CT molecular complexity index is 616. The third-order valence-corrected chi connectivity index (χ3v) is 3.45. The molecule has 2 aromatic heterocycles. The van der Waals surface area contributed by atoms with E-state index in [1.807, 2.05) is 6.92 Å². The standard InChI is InChI=1S/C14H20N4O/c1-4-17(5-2)9-10-18-11(3)16-13-12(14(18)19)7-6-8-15-13/h6-8H,4-5,9-10H2,1-3H3. The molecular weight excluding hydrogens is 240 g/mol. The van der Waals surface area contributed by atoms with Crippen molar-refractivity contribution in [2.45, 2.75) is 27.3 Å². The molecule has 0 aliphatic rings. The number of fused-ring (bicyclic) bond motifs is 1. The second-order valence-corrected chi connectivity index (χ2v) is 4.52. The Morgan fingerprint density at radius 3 is 2.74 bits per heavy atom. The van der Waals surface area contributed by atoms with Gasteiger partial charge in [-0.2, -0.15) is 0 Å². The molecule has 2 rings (SSSR count). The highest BCUT2D eigenvalue weighted by Gasteiger charge is 2.09. The molecule has 0 radical (unpaired) electrons. The Morgan fingerprint density at radius 2 is 2.05 bits per heavy atom. The summed E-state index contributed by atoms with van der Waals surface area (Å²) in [6.45, 7) is 9.63. The van der Waals surface area contributed by atoms with Crippen molar-refractivity contribution >= 4 is 11.0 Å². The van der Waals surface area contributed by atoms with Crippen LogP contribution in [0.25, 0.3) is 11.0 Å². The van der Waals surface area contributed by atoms with E-state index in [0.717, 1.165) is 25.5 Å². The van der Waals surface area contributed by atoms with Gasteiger partial charge in [-0.3, -0.25) is 9.36 Å². The second kappa shape index (κ2) is 5.93. The Kier molecular flexibility index (Phi) is 4.27. The lowest BCUT2D eigenvalue weighted by Gasteiger charge is -2.19. The minimum Gasteiger partial charge on any atom is -0.302 e. The summed E-state index contributed by atoms with van der Waals surface area (Å²) in [5.41, 5.74) is 0.534. The maximum Gasteiger partial charge on any atom is 0.263 e. The highest BCUT2D eigenvalue weighted by molar-refractivity contribution is 5.72. The fourth-order valence-corrected chi connectivity index (χ4v) is 2.20.